The van der Waals surface area contributed by atoms with Crippen molar-refractivity contribution in [3.05, 3.63) is 16.2 Å². The normalized spacial score (nSPS) is 17.8. The van der Waals surface area contributed by atoms with Gasteiger partial charge in [0.25, 0.3) is 0 Å². The zero-order chi connectivity index (χ0) is 11.7. The maximum Gasteiger partial charge on any atom is 0.143 e. The summed E-state index contributed by atoms with van der Waals surface area (Å²) in [4.78, 5) is 6.79. The van der Waals surface area contributed by atoms with Gasteiger partial charge in [-0.3, -0.25) is 0 Å². The largest absolute Gasteiger partial charge is 0.397 e. The first kappa shape index (κ1) is 11.7. The molecule has 0 bridgehead atoms. The molecule has 88 valence electrons. The summed E-state index contributed by atoms with van der Waals surface area (Å²) in [5.74, 6) is 1.88. The van der Waals surface area contributed by atoms with Gasteiger partial charge in [0.2, 0.25) is 0 Å². The van der Waals surface area contributed by atoms with Crippen molar-refractivity contribution in [2.45, 2.75) is 26.7 Å². The van der Waals surface area contributed by atoms with Crippen molar-refractivity contribution in [2.75, 3.05) is 23.7 Å². The molecule has 1 aliphatic heterocycles. The van der Waals surface area contributed by atoms with E-state index in [-0.39, 0.29) is 0 Å². The number of hydrogen-bond donors (Lipinski definition) is 1. The van der Waals surface area contributed by atoms with Gasteiger partial charge in [-0.25, -0.2) is 4.98 Å². The monoisotopic (exact) mass is 283 g/mol. The Morgan fingerprint density at radius 3 is 2.69 bits per heavy atom. The van der Waals surface area contributed by atoms with Crippen molar-refractivity contribution in [1.82, 2.24) is 4.98 Å². The summed E-state index contributed by atoms with van der Waals surface area (Å²) in [6, 6.07) is 0. The molecule has 0 spiro atoms. The third kappa shape index (κ3) is 2.17. The Labute approximate surface area is 105 Å². The van der Waals surface area contributed by atoms with E-state index >= 15 is 0 Å². The lowest BCUT2D eigenvalue weighted by molar-refractivity contribution is 0.436. The summed E-state index contributed by atoms with van der Waals surface area (Å²) in [6.45, 7) is 6.53. The molecule has 1 aliphatic rings. The highest BCUT2D eigenvalue weighted by molar-refractivity contribution is 9.10. The fourth-order valence-electron chi connectivity index (χ4n) is 2.02. The van der Waals surface area contributed by atoms with E-state index in [2.05, 4.69) is 32.7 Å². The van der Waals surface area contributed by atoms with Crippen LogP contribution >= 0.6 is 15.9 Å². The first-order valence-corrected chi connectivity index (χ1v) is 6.54. The average Bonchev–Trinajstić information content (AvgIpc) is 2.28. The van der Waals surface area contributed by atoms with Crippen molar-refractivity contribution >= 4 is 27.4 Å². The van der Waals surface area contributed by atoms with E-state index in [1.807, 2.05) is 6.92 Å². The van der Waals surface area contributed by atoms with Gasteiger partial charge >= 0.3 is 0 Å². The third-order valence-corrected chi connectivity index (χ3v) is 4.32. The van der Waals surface area contributed by atoms with Crippen molar-refractivity contribution in [2.24, 2.45) is 5.92 Å². The minimum Gasteiger partial charge on any atom is -0.397 e. The molecule has 0 unspecified atom stereocenters. The summed E-state index contributed by atoms with van der Waals surface area (Å²) in [5.41, 5.74) is 7.67. The molecule has 0 aromatic carbocycles. The van der Waals surface area contributed by atoms with E-state index in [1.165, 1.54) is 12.8 Å². The number of rotatable bonds is 1. The van der Waals surface area contributed by atoms with Gasteiger partial charge in [0.1, 0.15) is 5.82 Å². The second-order valence-corrected chi connectivity index (χ2v) is 5.44. The van der Waals surface area contributed by atoms with Crippen molar-refractivity contribution in [3.63, 3.8) is 0 Å². The number of nitrogen functional groups attached to an aromatic ring is 1. The van der Waals surface area contributed by atoms with Gasteiger partial charge in [-0.1, -0.05) is 6.92 Å². The van der Waals surface area contributed by atoms with Crippen LogP contribution in [0, 0.1) is 12.8 Å². The van der Waals surface area contributed by atoms with Crippen LogP contribution in [0.3, 0.4) is 0 Å². The quantitative estimate of drug-likeness (QED) is 0.862. The number of hydrogen-bond acceptors (Lipinski definition) is 3. The molecule has 3 nitrogen and oxygen atoms in total. The van der Waals surface area contributed by atoms with Crippen LogP contribution in [-0.2, 0) is 0 Å². The third-order valence-electron chi connectivity index (χ3n) is 3.37. The Morgan fingerprint density at radius 1 is 1.44 bits per heavy atom. The van der Waals surface area contributed by atoms with Gasteiger partial charge < -0.3 is 10.6 Å². The lowest BCUT2D eigenvalue weighted by atomic mass is 9.99. The SMILES string of the molecule is Cc1c(N)cnc(N2CCC(C)CC2)c1Br. The van der Waals surface area contributed by atoms with E-state index in [1.54, 1.807) is 6.20 Å². The van der Waals surface area contributed by atoms with Crippen molar-refractivity contribution in [1.29, 1.82) is 0 Å². The van der Waals surface area contributed by atoms with Crippen LogP contribution in [0.15, 0.2) is 10.7 Å². The first-order valence-electron chi connectivity index (χ1n) is 5.75. The minimum absolute atomic E-state index is 0.751. The number of piperidine rings is 1. The van der Waals surface area contributed by atoms with E-state index in [0.29, 0.717) is 0 Å². The first-order chi connectivity index (χ1) is 7.59. The summed E-state index contributed by atoms with van der Waals surface area (Å²) in [5, 5.41) is 0. The smallest absolute Gasteiger partial charge is 0.143 e. The predicted molar refractivity (Wildman–Crippen MR) is 71.7 cm³/mol. The topological polar surface area (TPSA) is 42.1 Å². The molecule has 0 radical (unpaired) electrons. The van der Waals surface area contributed by atoms with E-state index in [9.17, 15) is 0 Å². The molecule has 2 N–H and O–H groups in total. The molecule has 0 saturated carbocycles. The van der Waals surface area contributed by atoms with E-state index in [4.69, 9.17) is 5.73 Å². The van der Waals surface area contributed by atoms with E-state index in [0.717, 1.165) is 40.5 Å². The van der Waals surface area contributed by atoms with Crippen molar-refractivity contribution < 1.29 is 0 Å². The molecule has 1 aromatic heterocycles. The number of pyridine rings is 1. The van der Waals surface area contributed by atoms with E-state index < -0.39 is 0 Å². The van der Waals surface area contributed by atoms with Gasteiger partial charge in [0.05, 0.1) is 16.4 Å². The van der Waals surface area contributed by atoms with Crippen LogP contribution in [0.25, 0.3) is 0 Å². The minimum atomic E-state index is 0.751. The Kier molecular flexibility index (Phi) is 3.38. The zero-order valence-electron chi connectivity index (χ0n) is 9.83. The fraction of sp³-hybridized carbons (Fsp3) is 0.583. The molecule has 2 heterocycles. The highest BCUT2D eigenvalue weighted by Crippen LogP contribution is 2.32. The highest BCUT2D eigenvalue weighted by Gasteiger charge is 2.19. The number of nitrogens with two attached hydrogens (primary N) is 1. The predicted octanol–water partition coefficient (Wildman–Crippen LogP) is 2.97. The van der Waals surface area contributed by atoms with Crippen LogP contribution in [0.5, 0.6) is 0 Å². The molecule has 2 rings (SSSR count). The molecular formula is C12H18BrN3. The summed E-state index contributed by atoms with van der Waals surface area (Å²) in [6.07, 6.45) is 4.25. The average molecular weight is 284 g/mol. The molecule has 0 amide bonds. The number of halogens is 1. The van der Waals surface area contributed by atoms with Crippen LogP contribution in [0.4, 0.5) is 11.5 Å². The summed E-state index contributed by atoms with van der Waals surface area (Å²) < 4.78 is 1.04. The van der Waals surface area contributed by atoms with Gasteiger partial charge in [0.15, 0.2) is 0 Å². The Morgan fingerprint density at radius 2 is 2.06 bits per heavy atom. The van der Waals surface area contributed by atoms with Crippen LogP contribution in [0.2, 0.25) is 0 Å². The van der Waals surface area contributed by atoms with Crippen LogP contribution in [-0.4, -0.2) is 18.1 Å². The number of aromatic nitrogens is 1. The van der Waals surface area contributed by atoms with Gasteiger partial charge in [0, 0.05) is 13.1 Å². The molecule has 1 fully saturated rings. The molecule has 16 heavy (non-hydrogen) atoms. The Balaban J connectivity index is 2.24. The standard InChI is InChI=1S/C12H18BrN3/c1-8-3-5-16(6-4-8)12-11(13)9(2)10(14)7-15-12/h7-8H,3-6,14H2,1-2H3. The second-order valence-electron chi connectivity index (χ2n) is 4.65. The van der Waals surface area contributed by atoms with Crippen molar-refractivity contribution in [3.8, 4) is 0 Å². The van der Waals surface area contributed by atoms with Crippen LogP contribution in [0.1, 0.15) is 25.3 Å². The zero-order valence-corrected chi connectivity index (χ0v) is 11.4. The summed E-state index contributed by atoms with van der Waals surface area (Å²) in [7, 11) is 0. The molecule has 0 aliphatic carbocycles. The maximum atomic E-state index is 5.83. The molecule has 0 atom stereocenters. The molecule has 1 saturated heterocycles. The second kappa shape index (κ2) is 4.62. The molecular weight excluding hydrogens is 266 g/mol. The maximum absolute atomic E-state index is 5.83. The lowest BCUT2D eigenvalue weighted by Gasteiger charge is -2.32. The lowest BCUT2D eigenvalue weighted by Crippen LogP contribution is -2.33. The highest BCUT2D eigenvalue weighted by atomic mass is 79.9. The number of nitrogens with zero attached hydrogens (tertiary/aromatic N) is 2. The van der Waals surface area contributed by atoms with Gasteiger partial charge in [-0.15, -0.1) is 0 Å². The van der Waals surface area contributed by atoms with Gasteiger partial charge in [-0.05, 0) is 47.2 Å². The Hall–Kier alpha value is -0.770. The summed E-state index contributed by atoms with van der Waals surface area (Å²) >= 11 is 3.60. The number of anilines is 2. The Bertz CT molecular complexity index is 384. The molecule has 4 heteroatoms. The van der Waals surface area contributed by atoms with Crippen LogP contribution < -0.4 is 10.6 Å². The fourth-order valence-corrected chi connectivity index (χ4v) is 2.60. The van der Waals surface area contributed by atoms with Gasteiger partial charge in [-0.2, -0.15) is 0 Å². The molecule has 1 aromatic rings.